The molecule has 0 radical (unpaired) electrons. The number of aromatic nitrogens is 2. The molecule has 1 aromatic heterocycles. The lowest BCUT2D eigenvalue weighted by Gasteiger charge is -2.17. The maximum Gasteiger partial charge on any atom is 0.225 e. The lowest BCUT2D eigenvalue weighted by Crippen LogP contribution is -2.12. The standard InChI is InChI=1S/C13H23N3O/c1-5-8-14-12-15-9-6-11(16-12)17-10-7-13(2,3)4/h6,9H,5,7-8,10H2,1-4H3,(H,14,15,16). The molecule has 0 saturated heterocycles. The monoisotopic (exact) mass is 237 g/mol. The maximum absolute atomic E-state index is 5.61. The lowest BCUT2D eigenvalue weighted by atomic mass is 9.93. The molecule has 0 atom stereocenters. The highest BCUT2D eigenvalue weighted by Gasteiger charge is 2.10. The van der Waals surface area contributed by atoms with E-state index in [1.54, 1.807) is 12.3 Å². The average Bonchev–Trinajstić information content (AvgIpc) is 2.25. The number of nitrogens with zero attached hydrogens (tertiary/aromatic N) is 2. The van der Waals surface area contributed by atoms with Crippen LogP contribution in [0, 0.1) is 5.41 Å². The van der Waals surface area contributed by atoms with Crippen LogP contribution in [0.15, 0.2) is 12.3 Å². The quantitative estimate of drug-likeness (QED) is 0.825. The first-order chi connectivity index (χ1) is 8.01. The molecular weight excluding hydrogens is 214 g/mol. The highest BCUT2D eigenvalue weighted by atomic mass is 16.5. The molecule has 0 aromatic carbocycles. The third-order valence-electron chi connectivity index (χ3n) is 2.27. The molecule has 1 heterocycles. The van der Waals surface area contributed by atoms with E-state index in [4.69, 9.17) is 4.74 Å². The van der Waals surface area contributed by atoms with Gasteiger partial charge in [0, 0.05) is 18.8 Å². The molecule has 0 aliphatic rings. The van der Waals surface area contributed by atoms with E-state index in [0.29, 0.717) is 18.4 Å². The number of ether oxygens (including phenoxy) is 1. The van der Waals surface area contributed by atoms with Crippen molar-refractivity contribution >= 4 is 5.95 Å². The van der Waals surface area contributed by atoms with E-state index in [-0.39, 0.29) is 5.41 Å². The van der Waals surface area contributed by atoms with Gasteiger partial charge in [-0.1, -0.05) is 27.7 Å². The Balaban J connectivity index is 2.43. The molecule has 17 heavy (non-hydrogen) atoms. The molecule has 1 rings (SSSR count). The number of anilines is 1. The zero-order valence-electron chi connectivity index (χ0n) is 11.3. The van der Waals surface area contributed by atoms with Crippen molar-refractivity contribution in [2.75, 3.05) is 18.5 Å². The minimum absolute atomic E-state index is 0.288. The fourth-order valence-electron chi connectivity index (χ4n) is 1.21. The first kappa shape index (κ1) is 13.7. The molecular formula is C13H23N3O. The van der Waals surface area contributed by atoms with E-state index in [1.165, 1.54) is 0 Å². The highest BCUT2D eigenvalue weighted by molar-refractivity contribution is 5.27. The van der Waals surface area contributed by atoms with Crippen LogP contribution in [0.2, 0.25) is 0 Å². The minimum Gasteiger partial charge on any atom is -0.478 e. The number of nitrogens with one attached hydrogen (secondary N) is 1. The Bertz CT molecular complexity index is 334. The Kier molecular flexibility index (Phi) is 5.19. The summed E-state index contributed by atoms with van der Waals surface area (Å²) in [5, 5.41) is 3.14. The smallest absolute Gasteiger partial charge is 0.225 e. The van der Waals surface area contributed by atoms with Crippen molar-refractivity contribution < 1.29 is 4.74 Å². The molecule has 0 unspecified atom stereocenters. The van der Waals surface area contributed by atoms with Gasteiger partial charge in [-0.2, -0.15) is 4.98 Å². The Hall–Kier alpha value is -1.32. The van der Waals surface area contributed by atoms with Crippen LogP contribution in [0.3, 0.4) is 0 Å². The molecule has 0 aliphatic carbocycles. The van der Waals surface area contributed by atoms with Crippen LogP contribution in [0.4, 0.5) is 5.95 Å². The van der Waals surface area contributed by atoms with E-state index < -0.39 is 0 Å². The summed E-state index contributed by atoms with van der Waals surface area (Å²) in [6, 6.07) is 1.79. The van der Waals surface area contributed by atoms with Gasteiger partial charge in [-0.25, -0.2) is 4.98 Å². The van der Waals surface area contributed by atoms with Gasteiger partial charge in [0.1, 0.15) is 0 Å². The zero-order valence-corrected chi connectivity index (χ0v) is 11.3. The number of hydrogen-bond donors (Lipinski definition) is 1. The zero-order chi connectivity index (χ0) is 12.7. The molecule has 0 aliphatic heterocycles. The second-order valence-electron chi connectivity index (χ2n) is 5.30. The molecule has 4 nitrogen and oxygen atoms in total. The molecule has 4 heteroatoms. The van der Waals surface area contributed by atoms with Crippen LogP contribution in [-0.4, -0.2) is 23.1 Å². The van der Waals surface area contributed by atoms with Crippen molar-refractivity contribution in [3.05, 3.63) is 12.3 Å². The van der Waals surface area contributed by atoms with E-state index in [1.807, 2.05) is 0 Å². The van der Waals surface area contributed by atoms with Crippen molar-refractivity contribution in [3.8, 4) is 5.88 Å². The predicted octanol–water partition coefficient (Wildman–Crippen LogP) is 3.11. The fourth-order valence-corrected chi connectivity index (χ4v) is 1.21. The molecule has 0 saturated carbocycles. The molecule has 96 valence electrons. The third-order valence-corrected chi connectivity index (χ3v) is 2.27. The largest absolute Gasteiger partial charge is 0.478 e. The van der Waals surface area contributed by atoms with Crippen molar-refractivity contribution in [1.29, 1.82) is 0 Å². The van der Waals surface area contributed by atoms with E-state index >= 15 is 0 Å². The van der Waals surface area contributed by atoms with Crippen LogP contribution in [-0.2, 0) is 0 Å². The van der Waals surface area contributed by atoms with E-state index in [2.05, 4.69) is 43.0 Å². The Morgan fingerprint density at radius 1 is 1.35 bits per heavy atom. The molecule has 0 bridgehead atoms. The lowest BCUT2D eigenvalue weighted by molar-refractivity contribution is 0.236. The van der Waals surface area contributed by atoms with Gasteiger partial charge < -0.3 is 10.1 Å². The Labute approximate surface area is 104 Å². The van der Waals surface area contributed by atoms with E-state index in [9.17, 15) is 0 Å². The summed E-state index contributed by atoms with van der Waals surface area (Å²) in [5.74, 6) is 1.28. The highest BCUT2D eigenvalue weighted by Crippen LogP contribution is 2.19. The summed E-state index contributed by atoms with van der Waals surface area (Å²) >= 11 is 0. The summed E-state index contributed by atoms with van der Waals surface area (Å²) in [6.07, 6.45) is 3.78. The second-order valence-corrected chi connectivity index (χ2v) is 5.30. The van der Waals surface area contributed by atoms with Crippen molar-refractivity contribution in [3.63, 3.8) is 0 Å². The average molecular weight is 237 g/mol. The van der Waals surface area contributed by atoms with Crippen LogP contribution in [0.5, 0.6) is 5.88 Å². The summed E-state index contributed by atoms with van der Waals surface area (Å²) in [6.45, 7) is 10.3. The molecule has 0 amide bonds. The summed E-state index contributed by atoms with van der Waals surface area (Å²) in [5.41, 5.74) is 0.288. The summed E-state index contributed by atoms with van der Waals surface area (Å²) in [7, 11) is 0. The first-order valence-corrected chi connectivity index (χ1v) is 6.21. The van der Waals surface area contributed by atoms with Gasteiger partial charge in [-0.05, 0) is 18.3 Å². The first-order valence-electron chi connectivity index (χ1n) is 6.21. The van der Waals surface area contributed by atoms with Gasteiger partial charge in [0.2, 0.25) is 11.8 Å². The summed E-state index contributed by atoms with van der Waals surface area (Å²) < 4.78 is 5.61. The Morgan fingerprint density at radius 2 is 2.12 bits per heavy atom. The van der Waals surface area contributed by atoms with Crippen LogP contribution in [0.1, 0.15) is 40.5 Å². The normalized spacial score (nSPS) is 11.3. The third kappa shape index (κ3) is 6.09. The van der Waals surface area contributed by atoms with Crippen LogP contribution in [0.25, 0.3) is 0 Å². The van der Waals surface area contributed by atoms with Gasteiger partial charge >= 0.3 is 0 Å². The number of rotatable bonds is 6. The van der Waals surface area contributed by atoms with Gasteiger partial charge in [0.25, 0.3) is 0 Å². The van der Waals surface area contributed by atoms with Crippen molar-refractivity contribution in [2.45, 2.75) is 40.5 Å². The van der Waals surface area contributed by atoms with E-state index in [0.717, 1.165) is 19.4 Å². The van der Waals surface area contributed by atoms with Crippen LogP contribution >= 0.6 is 0 Å². The SMILES string of the molecule is CCCNc1nccc(OCCC(C)(C)C)n1. The molecule has 0 spiro atoms. The summed E-state index contributed by atoms with van der Waals surface area (Å²) in [4.78, 5) is 8.42. The Morgan fingerprint density at radius 3 is 2.76 bits per heavy atom. The molecule has 0 fully saturated rings. The fraction of sp³-hybridized carbons (Fsp3) is 0.692. The van der Waals surface area contributed by atoms with Crippen molar-refractivity contribution in [1.82, 2.24) is 9.97 Å². The minimum atomic E-state index is 0.288. The van der Waals surface area contributed by atoms with Crippen molar-refractivity contribution in [2.24, 2.45) is 5.41 Å². The maximum atomic E-state index is 5.61. The molecule has 1 aromatic rings. The predicted molar refractivity (Wildman–Crippen MR) is 70.4 cm³/mol. The molecule has 1 N–H and O–H groups in total. The second kappa shape index (κ2) is 6.42. The number of hydrogen-bond acceptors (Lipinski definition) is 4. The topological polar surface area (TPSA) is 47.0 Å². The van der Waals surface area contributed by atoms with Gasteiger partial charge in [0.05, 0.1) is 6.61 Å². The van der Waals surface area contributed by atoms with Gasteiger partial charge in [-0.3, -0.25) is 0 Å². The van der Waals surface area contributed by atoms with Gasteiger partial charge in [-0.15, -0.1) is 0 Å². The van der Waals surface area contributed by atoms with Gasteiger partial charge in [0.15, 0.2) is 0 Å². The van der Waals surface area contributed by atoms with Crippen LogP contribution < -0.4 is 10.1 Å².